The first-order valence-corrected chi connectivity index (χ1v) is 7.20. The number of benzene rings is 1. The molecule has 106 valence electrons. The SMILES string of the molecule is NCCc1ccc(OCCCCc2ccccc2)cn1. The third-order valence-electron chi connectivity index (χ3n) is 3.17. The van der Waals surface area contributed by atoms with Crippen LogP contribution in [0.1, 0.15) is 24.1 Å². The van der Waals surface area contributed by atoms with Crippen LogP contribution < -0.4 is 10.5 Å². The molecule has 0 atom stereocenters. The van der Waals surface area contributed by atoms with E-state index in [1.165, 1.54) is 5.56 Å². The van der Waals surface area contributed by atoms with Crippen LogP contribution in [0.2, 0.25) is 0 Å². The van der Waals surface area contributed by atoms with Crippen molar-refractivity contribution in [3.8, 4) is 5.75 Å². The van der Waals surface area contributed by atoms with Crippen molar-refractivity contribution in [3.63, 3.8) is 0 Å². The van der Waals surface area contributed by atoms with Crippen LogP contribution in [-0.2, 0) is 12.8 Å². The highest BCUT2D eigenvalue weighted by Gasteiger charge is 1.97. The molecule has 0 unspecified atom stereocenters. The van der Waals surface area contributed by atoms with Gasteiger partial charge < -0.3 is 10.5 Å². The zero-order chi connectivity index (χ0) is 14.0. The Morgan fingerprint density at radius 3 is 2.50 bits per heavy atom. The Morgan fingerprint density at radius 1 is 0.950 bits per heavy atom. The monoisotopic (exact) mass is 270 g/mol. The van der Waals surface area contributed by atoms with E-state index in [-0.39, 0.29) is 0 Å². The smallest absolute Gasteiger partial charge is 0.137 e. The number of nitrogens with two attached hydrogens (primary N) is 1. The van der Waals surface area contributed by atoms with E-state index >= 15 is 0 Å². The van der Waals surface area contributed by atoms with Crippen molar-refractivity contribution < 1.29 is 4.74 Å². The largest absolute Gasteiger partial charge is 0.492 e. The van der Waals surface area contributed by atoms with Crippen LogP contribution >= 0.6 is 0 Å². The van der Waals surface area contributed by atoms with Crippen LogP contribution in [-0.4, -0.2) is 18.1 Å². The Morgan fingerprint density at radius 2 is 1.80 bits per heavy atom. The molecule has 0 spiro atoms. The summed E-state index contributed by atoms with van der Waals surface area (Å²) in [5, 5.41) is 0. The molecule has 0 saturated carbocycles. The fraction of sp³-hybridized carbons (Fsp3) is 0.353. The molecule has 0 fully saturated rings. The van der Waals surface area contributed by atoms with Gasteiger partial charge in [0.2, 0.25) is 0 Å². The van der Waals surface area contributed by atoms with Crippen molar-refractivity contribution in [2.75, 3.05) is 13.2 Å². The molecule has 3 heteroatoms. The van der Waals surface area contributed by atoms with E-state index in [1.54, 1.807) is 6.20 Å². The van der Waals surface area contributed by atoms with Crippen LogP contribution in [0.25, 0.3) is 0 Å². The quantitative estimate of drug-likeness (QED) is 0.750. The van der Waals surface area contributed by atoms with Gasteiger partial charge in [-0.2, -0.15) is 0 Å². The first kappa shape index (κ1) is 14.5. The van der Waals surface area contributed by atoms with E-state index < -0.39 is 0 Å². The van der Waals surface area contributed by atoms with Gasteiger partial charge in [-0.15, -0.1) is 0 Å². The molecule has 2 aromatic rings. The summed E-state index contributed by atoms with van der Waals surface area (Å²) >= 11 is 0. The van der Waals surface area contributed by atoms with E-state index in [9.17, 15) is 0 Å². The standard InChI is InChI=1S/C17H22N2O/c18-12-11-16-9-10-17(14-19-16)20-13-5-4-8-15-6-2-1-3-7-15/h1-3,6-7,9-10,14H,4-5,8,11-13,18H2. The average molecular weight is 270 g/mol. The van der Waals surface area contributed by atoms with E-state index in [0.29, 0.717) is 6.54 Å². The van der Waals surface area contributed by atoms with E-state index in [0.717, 1.165) is 43.7 Å². The number of aromatic nitrogens is 1. The molecule has 0 saturated heterocycles. The lowest BCUT2D eigenvalue weighted by atomic mass is 10.1. The maximum atomic E-state index is 5.68. The molecule has 1 aromatic carbocycles. The highest BCUT2D eigenvalue weighted by Crippen LogP contribution is 2.11. The molecule has 2 N–H and O–H groups in total. The zero-order valence-corrected chi connectivity index (χ0v) is 11.8. The zero-order valence-electron chi connectivity index (χ0n) is 11.8. The Balaban J connectivity index is 1.63. The number of nitrogens with zero attached hydrogens (tertiary/aromatic N) is 1. The summed E-state index contributed by atoms with van der Waals surface area (Å²) in [5.41, 5.74) is 7.90. The molecule has 1 aromatic heterocycles. The average Bonchev–Trinajstić information content (AvgIpc) is 2.50. The molecule has 2 rings (SSSR count). The molecule has 0 bridgehead atoms. The number of aryl methyl sites for hydroxylation is 1. The third kappa shape index (κ3) is 5.02. The van der Waals surface area contributed by atoms with Crippen LogP contribution in [0, 0.1) is 0 Å². The lowest BCUT2D eigenvalue weighted by molar-refractivity contribution is 0.305. The fourth-order valence-electron chi connectivity index (χ4n) is 2.06. The van der Waals surface area contributed by atoms with Gasteiger partial charge in [0.1, 0.15) is 5.75 Å². The summed E-state index contributed by atoms with van der Waals surface area (Å²) in [6, 6.07) is 14.5. The van der Waals surface area contributed by atoms with Gasteiger partial charge in [0.05, 0.1) is 12.8 Å². The molecular formula is C17H22N2O. The van der Waals surface area contributed by atoms with Crippen LogP contribution in [0.4, 0.5) is 0 Å². The molecule has 0 aliphatic rings. The number of hydrogen-bond acceptors (Lipinski definition) is 3. The van der Waals surface area contributed by atoms with E-state index in [2.05, 4.69) is 29.2 Å². The summed E-state index contributed by atoms with van der Waals surface area (Å²) in [7, 11) is 0. The fourth-order valence-corrected chi connectivity index (χ4v) is 2.06. The molecule has 1 heterocycles. The topological polar surface area (TPSA) is 48.1 Å². The maximum absolute atomic E-state index is 5.68. The van der Waals surface area contributed by atoms with Crippen molar-refractivity contribution in [1.29, 1.82) is 0 Å². The Kier molecular flexibility index (Phi) is 6.06. The second-order valence-corrected chi connectivity index (χ2v) is 4.82. The normalized spacial score (nSPS) is 10.4. The van der Waals surface area contributed by atoms with Crippen LogP contribution in [0.15, 0.2) is 48.7 Å². The van der Waals surface area contributed by atoms with Crippen molar-refractivity contribution in [3.05, 3.63) is 59.9 Å². The number of pyridine rings is 1. The minimum absolute atomic E-state index is 0.632. The van der Waals surface area contributed by atoms with Gasteiger partial charge in [-0.1, -0.05) is 30.3 Å². The van der Waals surface area contributed by atoms with Gasteiger partial charge in [-0.3, -0.25) is 4.98 Å². The Bertz CT molecular complexity index is 482. The highest BCUT2D eigenvalue weighted by molar-refractivity contribution is 5.20. The molecule has 0 aliphatic carbocycles. The van der Waals surface area contributed by atoms with Crippen molar-refractivity contribution >= 4 is 0 Å². The summed E-state index contributed by atoms with van der Waals surface area (Å²) in [6.45, 7) is 1.37. The number of ether oxygens (including phenoxy) is 1. The molecule has 3 nitrogen and oxygen atoms in total. The Hall–Kier alpha value is -1.87. The minimum Gasteiger partial charge on any atom is -0.492 e. The van der Waals surface area contributed by atoms with Crippen molar-refractivity contribution in [2.45, 2.75) is 25.7 Å². The highest BCUT2D eigenvalue weighted by atomic mass is 16.5. The number of unbranched alkanes of at least 4 members (excludes halogenated alkanes) is 1. The van der Waals surface area contributed by atoms with Gasteiger partial charge >= 0.3 is 0 Å². The van der Waals surface area contributed by atoms with Crippen molar-refractivity contribution in [2.24, 2.45) is 5.73 Å². The van der Waals surface area contributed by atoms with E-state index in [1.807, 2.05) is 18.2 Å². The van der Waals surface area contributed by atoms with Crippen LogP contribution in [0.5, 0.6) is 5.75 Å². The second-order valence-electron chi connectivity index (χ2n) is 4.82. The summed E-state index contributed by atoms with van der Waals surface area (Å²) in [4.78, 5) is 4.31. The molecule has 20 heavy (non-hydrogen) atoms. The van der Waals surface area contributed by atoms with Gasteiger partial charge in [0.25, 0.3) is 0 Å². The van der Waals surface area contributed by atoms with Gasteiger partial charge in [0.15, 0.2) is 0 Å². The number of rotatable bonds is 8. The molecular weight excluding hydrogens is 248 g/mol. The lowest BCUT2D eigenvalue weighted by Crippen LogP contribution is -2.04. The summed E-state index contributed by atoms with van der Waals surface area (Å²) in [6.07, 6.45) is 5.90. The van der Waals surface area contributed by atoms with Gasteiger partial charge in [0, 0.05) is 12.1 Å². The predicted octanol–water partition coefficient (Wildman–Crippen LogP) is 2.98. The Labute approximate surface area is 120 Å². The first-order valence-electron chi connectivity index (χ1n) is 7.20. The van der Waals surface area contributed by atoms with Gasteiger partial charge in [-0.25, -0.2) is 0 Å². The van der Waals surface area contributed by atoms with Crippen LogP contribution in [0.3, 0.4) is 0 Å². The molecule has 0 amide bonds. The molecule has 0 radical (unpaired) electrons. The van der Waals surface area contributed by atoms with Crippen molar-refractivity contribution in [1.82, 2.24) is 4.98 Å². The number of hydrogen-bond donors (Lipinski definition) is 1. The second kappa shape index (κ2) is 8.33. The summed E-state index contributed by atoms with van der Waals surface area (Å²) < 4.78 is 5.68. The lowest BCUT2D eigenvalue weighted by Gasteiger charge is -2.06. The first-order chi connectivity index (χ1) is 9.88. The maximum Gasteiger partial charge on any atom is 0.137 e. The third-order valence-corrected chi connectivity index (χ3v) is 3.17. The molecule has 0 aliphatic heterocycles. The predicted molar refractivity (Wildman–Crippen MR) is 81.9 cm³/mol. The van der Waals surface area contributed by atoms with E-state index in [4.69, 9.17) is 10.5 Å². The minimum atomic E-state index is 0.632. The van der Waals surface area contributed by atoms with Gasteiger partial charge in [-0.05, 0) is 43.5 Å². The summed E-state index contributed by atoms with van der Waals surface area (Å²) in [5.74, 6) is 0.838.